The molecule has 0 spiro atoms. The van der Waals surface area contributed by atoms with E-state index in [4.69, 9.17) is 27.9 Å². The number of hydrogen-bond acceptors (Lipinski definition) is 1. The summed E-state index contributed by atoms with van der Waals surface area (Å²) >= 11 is 12.5. The number of fused-ring (bicyclic) bond motifs is 1. The maximum atomic E-state index is 6.51. The Labute approximate surface area is 123 Å². The molecule has 0 radical (unpaired) electrons. The van der Waals surface area contributed by atoms with Gasteiger partial charge in [-0.15, -0.1) is 11.6 Å². The number of alkyl halides is 1. The lowest BCUT2D eigenvalue weighted by Crippen LogP contribution is -1.97. The topological polar surface area (TPSA) is 9.23 Å². The van der Waals surface area contributed by atoms with Crippen molar-refractivity contribution in [2.75, 3.05) is 0 Å². The number of rotatable bonds is 3. The molecule has 19 heavy (non-hydrogen) atoms. The Morgan fingerprint density at radius 1 is 1.05 bits per heavy atom. The standard InChI is InChI=1S/C16H14Cl2O/c17-15-3-1-2-11(6-15)7-16(18)12-4-5-13-9-19-10-14(13)8-12/h1-6,8,16H,7,9-10H2. The predicted octanol–water partition coefficient (Wildman–Crippen LogP) is 4.89. The minimum Gasteiger partial charge on any atom is -0.372 e. The van der Waals surface area contributed by atoms with Crippen LogP contribution in [0.15, 0.2) is 42.5 Å². The van der Waals surface area contributed by atoms with Crippen LogP contribution in [0.4, 0.5) is 0 Å². The summed E-state index contributed by atoms with van der Waals surface area (Å²) in [5.41, 5.74) is 4.83. The highest BCUT2D eigenvalue weighted by Crippen LogP contribution is 2.29. The van der Waals surface area contributed by atoms with Crippen LogP contribution in [0.2, 0.25) is 5.02 Å². The van der Waals surface area contributed by atoms with Gasteiger partial charge < -0.3 is 4.74 Å². The fraction of sp³-hybridized carbons (Fsp3) is 0.250. The molecule has 0 saturated carbocycles. The van der Waals surface area contributed by atoms with E-state index in [1.165, 1.54) is 11.1 Å². The van der Waals surface area contributed by atoms with Crippen LogP contribution in [-0.4, -0.2) is 0 Å². The highest BCUT2D eigenvalue weighted by Gasteiger charge is 2.15. The molecule has 1 aliphatic heterocycles. The van der Waals surface area contributed by atoms with Gasteiger partial charge in [0.25, 0.3) is 0 Å². The summed E-state index contributed by atoms with van der Waals surface area (Å²) < 4.78 is 5.42. The van der Waals surface area contributed by atoms with Gasteiger partial charge in [0, 0.05) is 5.02 Å². The Morgan fingerprint density at radius 2 is 1.89 bits per heavy atom. The van der Waals surface area contributed by atoms with Gasteiger partial charge in [-0.3, -0.25) is 0 Å². The summed E-state index contributed by atoms with van der Waals surface area (Å²) in [6.45, 7) is 1.42. The monoisotopic (exact) mass is 292 g/mol. The summed E-state index contributed by atoms with van der Waals surface area (Å²) in [7, 11) is 0. The fourth-order valence-corrected chi connectivity index (χ4v) is 2.90. The SMILES string of the molecule is Clc1cccc(CC(Cl)c2ccc3c(c2)COC3)c1. The van der Waals surface area contributed by atoms with Crippen LogP contribution in [0.3, 0.4) is 0 Å². The summed E-state index contributed by atoms with van der Waals surface area (Å²) in [6, 6.07) is 14.2. The Kier molecular flexibility index (Phi) is 3.79. The molecule has 98 valence electrons. The molecule has 0 fully saturated rings. The molecule has 2 aromatic carbocycles. The van der Waals surface area contributed by atoms with Crippen LogP contribution < -0.4 is 0 Å². The Morgan fingerprint density at radius 3 is 2.74 bits per heavy atom. The Bertz CT molecular complexity index is 595. The van der Waals surface area contributed by atoms with Gasteiger partial charge in [0.2, 0.25) is 0 Å². The number of halogens is 2. The van der Waals surface area contributed by atoms with E-state index in [2.05, 4.69) is 24.3 Å². The third-order valence-corrected chi connectivity index (χ3v) is 4.05. The van der Waals surface area contributed by atoms with Gasteiger partial charge in [-0.2, -0.15) is 0 Å². The molecule has 3 heteroatoms. The highest BCUT2D eigenvalue weighted by atomic mass is 35.5. The average Bonchev–Trinajstić information content (AvgIpc) is 2.85. The van der Waals surface area contributed by atoms with E-state index >= 15 is 0 Å². The van der Waals surface area contributed by atoms with E-state index in [9.17, 15) is 0 Å². The second kappa shape index (κ2) is 5.54. The normalized spacial score (nSPS) is 15.3. The van der Waals surface area contributed by atoms with E-state index in [0.717, 1.165) is 29.2 Å². The smallest absolute Gasteiger partial charge is 0.0725 e. The van der Waals surface area contributed by atoms with Crippen molar-refractivity contribution < 1.29 is 4.74 Å². The molecule has 1 atom stereocenters. The maximum absolute atomic E-state index is 6.51. The first kappa shape index (κ1) is 13.0. The lowest BCUT2D eigenvalue weighted by atomic mass is 10.00. The molecule has 0 saturated heterocycles. The molecule has 0 aliphatic carbocycles. The second-order valence-electron chi connectivity index (χ2n) is 4.82. The first-order chi connectivity index (χ1) is 9.22. The van der Waals surface area contributed by atoms with E-state index in [-0.39, 0.29) is 5.38 Å². The van der Waals surface area contributed by atoms with Crippen LogP contribution >= 0.6 is 23.2 Å². The fourth-order valence-electron chi connectivity index (χ4n) is 2.38. The van der Waals surface area contributed by atoms with Crippen molar-refractivity contribution >= 4 is 23.2 Å². The van der Waals surface area contributed by atoms with E-state index in [1.54, 1.807) is 0 Å². The molecular weight excluding hydrogens is 279 g/mol. The maximum Gasteiger partial charge on any atom is 0.0725 e. The third-order valence-electron chi connectivity index (χ3n) is 3.41. The third kappa shape index (κ3) is 2.94. The van der Waals surface area contributed by atoms with Crippen molar-refractivity contribution in [1.82, 2.24) is 0 Å². The number of hydrogen-bond donors (Lipinski definition) is 0. The zero-order valence-electron chi connectivity index (χ0n) is 10.4. The van der Waals surface area contributed by atoms with Gasteiger partial charge >= 0.3 is 0 Å². The lowest BCUT2D eigenvalue weighted by Gasteiger charge is -2.11. The molecule has 1 aliphatic rings. The van der Waals surface area contributed by atoms with Crippen LogP contribution in [0.1, 0.15) is 27.6 Å². The summed E-state index contributed by atoms with van der Waals surface area (Å²) in [6.07, 6.45) is 0.780. The van der Waals surface area contributed by atoms with Crippen LogP contribution in [0.5, 0.6) is 0 Å². The van der Waals surface area contributed by atoms with Crippen molar-refractivity contribution in [2.45, 2.75) is 25.0 Å². The van der Waals surface area contributed by atoms with E-state index in [1.807, 2.05) is 18.2 Å². The Hall–Kier alpha value is -1.02. The van der Waals surface area contributed by atoms with Crippen LogP contribution in [-0.2, 0) is 24.4 Å². The molecule has 3 rings (SSSR count). The molecule has 1 heterocycles. The van der Waals surface area contributed by atoms with Gasteiger partial charge in [-0.25, -0.2) is 0 Å². The quantitative estimate of drug-likeness (QED) is 0.732. The molecule has 2 aromatic rings. The summed E-state index contributed by atoms with van der Waals surface area (Å²) in [4.78, 5) is 0. The minimum atomic E-state index is -0.0376. The van der Waals surface area contributed by atoms with Crippen LogP contribution in [0.25, 0.3) is 0 Å². The van der Waals surface area contributed by atoms with Crippen molar-refractivity contribution in [3.05, 3.63) is 69.7 Å². The van der Waals surface area contributed by atoms with Crippen molar-refractivity contribution in [2.24, 2.45) is 0 Å². The molecule has 0 aromatic heterocycles. The molecule has 0 bridgehead atoms. The van der Waals surface area contributed by atoms with Gasteiger partial charge in [0.15, 0.2) is 0 Å². The second-order valence-corrected chi connectivity index (χ2v) is 5.79. The summed E-state index contributed by atoms with van der Waals surface area (Å²) in [5.74, 6) is 0. The molecule has 1 unspecified atom stereocenters. The molecule has 1 nitrogen and oxygen atoms in total. The highest BCUT2D eigenvalue weighted by molar-refractivity contribution is 6.30. The average molecular weight is 293 g/mol. The summed E-state index contributed by atoms with van der Waals surface area (Å²) in [5, 5.41) is 0.716. The van der Waals surface area contributed by atoms with Gasteiger partial charge in [0.1, 0.15) is 0 Å². The lowest BCUT2D eigenvalue weighted by molar-refractivity contribution is 0.134. The zero-order chi connectivity index (χ0) is 13.2. The van der Waals surface area contributed by atoms with Crippen molar-refractivity contribution in [3.8, 4) is 0 Å². The van der Waals surface area contributed by atoms with E-state index < -0.39 is 0 Å². The van der Waals surface area contributed by atoms with Gasteiger partial charge in [0.05, 0.1) is 18.6 Å². The Balaban J connectivity index is 1.78. The minimum absolute atomic E-state index is 0.0376. The van der Waals surface area contributed by atoms with Crippen molar-refractivity contribution in [3.63, 3.8) is 0 Å². The van der Waals surface area contributed by atoms with Crippen LogP contribution in [0, 0.1) is 0 Å². The van der Waals surface area contributed by atoms with E-state index in [0.29, 0.717) is 6.61 Å². The van der Waals surface area contributed by atoms with Crippen molar-refractivity contribution in [1.29, 1.82) is 0 Å². The molecule has 0 amide bonds. The largest absolute Gasteiger partial charge is 0.372 e. The first-order valence-electron chi connectivity index (χ1n) is 6.30. The zero-order valence-corrected chi connectivity index (χ0v) is 11.9. The number of ether oxygens (including phenoxy) is 1. The van der Waals surface area contributed by atoms with Gasteiger partial charge in [-0.1, -0.05) is 41.9 Å². The molecule has 0 N–H and O–H groups in total. The van der Waals surface area contributed by atoms with Gasteiger partial charge in [-0.05, 0) is 40.8 Å². The predicted molar refractivity (Wildman–Crippen MR) is 78.7 cm³/mol. The number of benzene rings is 2. The molecular formula is C16H14Cl2O. The first-order valence-corrected chi connectivity index (χ1v) is 7.12.